The Balaban J connectivity index is 1.85. The van der Waals surface area contributed by atoms with E-state index < -0.39 is 28.3 Å². The van der Waals surface area contributed by atoms with Gasteiger partial charge in [0.25, 0.3) is 0 Å². The van der Waals surface area contributed by atoms with Gasteiger partial charge in [0.05, 0.1) is 11.6 Å². The molecule has 2 aliphatic heterocycles. The second-order valence-corrected chi connectivity index (χ2v) is 12.9. The van der Waals surface area contributed by atoms with Gasteiger partial charge in [0.15, 0.2) is 0 Å². The molecule has 2 heterocycles. The number of halogens is 3. The van der Waals surface area contributed by atoms with E-state index in [9.17, 15) is 18.0 Å². The summed E-state index contributed by atoms with van der Waals surface area (Å²) in [5, 5.41) is 0.803. The molecular weight excluding hydrogens is 559 g/mol. The molecule has 0 bridgehead atoms. The Labute approximate surface area is 232 Å². The van der Waals surface area contributed by atoms with E-state index in [1.165, 1.54) is 27.4 Å². The smallest absolute Gasteiger partial charge is 0.246 e. The summed E-state index contributed by atoms with van der Waals surface area (Å²) in [5.41, 5.74) is 0.769. The lowest BCUT2D eigenvalue weighted by Gasteiger charge is -2.54. The van der Waals surface area contributed by atoms with Crippen molar-refractivity contribution >= 4 is 56.6 Å². The van der Waals surface area contributed by atoms with Crippen LogP contribution in [0.3, 0.4) is 0 Å². The Morgan fingerprint density at radius 3 is 2.24 bits per heavy atom. The third kappa shape index (κ3) is 5.35. The molecule has 0 aliphatic carbocycles. The molecule has 0 spiro atoms. The van der Waals surface area contributed by atoms with E-state index >= 15 is 0 Å². The van der Waals surface area contributed by atoms with E-state index in [4.69, 9.17) is 34.8 Å². The molecule has 200 valence electrons. The van der Waals surface area contributed by atoms with Gasteiger partial charge in [-0.1, -0.05) is 46.9 Å². The van der Waals surface area contributed by atoms with Gasteiger partial charge in [0, 0.05) is 29.1 Å². The van der Waals surface area contributed by atoms with Gasteiger partial charge in [-0.05, 0) is 63.8 Å². The van der Waals surface area contributed by atoms with Crippen LogP contribution in [0.25, 0.3) is 0 Å². The fourth-order valence-electron chi connectivity index (χ4n) is 4.94. The zero-order valence-corrected chi connectivity index (χ0v) is 24.0. The number of hydrogen-bond donors (Lipinski definition) is 0. The second-order valence-electron chi connectivity index (χ2n) is 9.79. The molecule has 2 saturated heterocycles. The Morgan fingerprint density at radius 1 is 0.973 bits per heavy atom. The van der Waals surface area contributed by atoms with Crippen LogP contribution < -0.4 is 0 Å². The topological polar surface area (TPSA) is 81.2 Å². The second kappa shape index (κ2) is 10.7. The Bertz CT molecular complexity index is 1320. The maximum Gasteiger partial charge on any atom is 0.246 e. The van der Waals surface area contributed by atoms with Gasteiger partial charge in [-0.3, -0.25) is 14.5 Å². The van der Waals surface area contributed by atoms with Gasteiger partial charge in [0.2, 0.25) is 21.8 Å². The summed E-state index contributed by atoms with van der Waals surface area (Å²) in [7, 11) is -0.757. The van der Waals surface area contributed by atoms with Gasteiger partial charge >= 0.3 is 0 Å². The molecule has 12 heteroatoms. The van der Waals surface area contributed by atoms with Gasteiger partial charge < -0.3 is 9.80 Å². The fraction of sp³-hybridized carbons (Fsp3) is 0.440. The summed E-state index contributed by atoms with van der Waals surface area (Å²) in [6, 6.07) is 9.39. The Morgan fingerprint density at radius 2 is 1.65 bits per heavy atom. The van der Waals surface area contributed by atoms with Crippen LogP contribution in [0.5, 0.6) is 0 Å². The summed E-state index contributed by atoms with van der Waals surface area (Å²) in [4.78, 5) is 32.2. The molecule has 2 aromatic carbocycles. The zero-order chi connectivity index (χ0) is 27.2. The van der Waals surface area contributed by atoms with Gasteiger partial charge in [-0.2, -0.15) is 4.31 Å². The van der Waals surface area contributed by atoms with Crippen LogP contribution in [0.2, 0.25) is 15.1 Å². The van der Waals surface area contributed by atoms with Crippen molar-refractivity contribution in [2.75, 3.05) is 27.2 Å². The van der Waals surface area contributed by atoms with Crippen LogP contribution in [-0.4, -0.2) is 90.7 Å². The normalized spacial score (nSPS) is 23.2. The molecule has 2 fully saturated rings. The van der Waals surface area contributed by atoms with Crippen LogP contribution in [-0.2, 0) is 26.0 Å². The quantitative estimate of drug-likeness (QED) is 0.516. The SMILES string of the molecule is CC(C)N1CC2N(C(=O)C(N(C)C)CN2S(=O)(=O)c2ccc(Cl)cc2Cl)C(Cc2cccc(Cl)c2)C1=O. The average Bonchev–Trinajstić information content (AvgIpc) is 2.80. The molecular formula is C25H29Cl3N4O4S. The highest BCUT2D eigenvalue weighted by Gasteiger charge is 2.54. The van der Waals surface area contributed by atoms with Crippen molar-refractivity contribution in [3.8, 4) is 0 Å². The Hall–Kier alpha value is -1.88. The summed E-state index contributed by atoms with van der Waals surface area (Å²) in [6.07, 6.45) is -0.717. The first-order valence-electron chi connectivity index (χ1n) is 11.8. The van der Waals surface area contributed by atoms with Crippen molar-refractivity contribution in [3.05, 3.63) is 63.1 Å². The number of sulfonamides is 1. The van der Waals surface area contributed by atoms with Crippen LogP contribution in [0.15, 0.2) is 47.4 Å². The first-order valence-corrected chi connectivity index (χ1v) is 14.4. The lowest BCUT2D eigenvalue weighted by molar-refractivity contribution is -0.171. The van der Waals surface area contributed by atoms with Crippen molar-refractivity contribution in [1.29, 1.82) is 0 Å². The molecule has 8 nitrogen and oxygen atoms in total. The number of amides is 2. The van der Waals surface area contributed by atoms with Crippen LogP contribution in [0, 0.1) is 0 Å². The van der Waals surface area contributed by atoms with Crippen molar-refractivity contribution in [2.45, 2.75) is 49.5 Å². The third-order valence-electron chi connectivity index (χ3n) is 6.86. The summed E-state index contributed by atoms with van der Waals surface area (Å²) < 4.78 is 29.4. The highest BCUT2D eigenvalue weighted by atomic mass is 35.5. The highest BCUT2D eigenvalue weighted by molar-refractivity contribution is 7.89. The first kappa shape index (κ1) is 28.1. The molecule has 0 saturated carbocycles. The zero-order valence-electron chi connectivity index (χ0n) is 20.9. The van der Waals surface area contributed by atoms with E-state index in [1.54, 1.807) is 42.1 Å². The van der Waals surface area contributed by atoms with Crippen molar-refractivity contribution in [3.63, 3.8) is 0 Å². The lowest BCUT2D eigenvalue weighted by atomic mass is 9.96. The number of hydrogen-bond acceptors (Lipinski definition) is 5. The number of fused-ring (bicyclic) bond motifs is 1. The largest absolute Gasteiger partial charge is 0.335 e. The maximum absolute atomic E-state index is 14.0. The number of rotatable bonds is 6. The molecule has 2 aromatic rings. The van der Waals surface area contributed by atoms with Gasteiger partial charge in [0.1, 0.15) is 23.1 Å². The molecule has 37 heavy (non-hydrogen) atoms. The van der Waals surface area contributed by atoms with E-state index in [0.717, 1.165) is 5.56 Å². The summed E-state index contributed by atoms with van der Waals surface area (Å²) in [6.45, 7) is 3.69. The number of carbonyl (C=O) groups is 2. The van der Waals surface area contributed by atoms with E-state index in [1.807, 2.05) is 19.9 Å². The third-order valence-corrected chi connectivity index (χ3v) is 9.67. The minimum Gasteiger partial charge on any atom is -0.335 e. The van der Waals surface area contributed by atoms with Crippen molar-refractivity contribution in [2.24, 2.45) is 0 Å². The molecule has 3 atom stereocenters. The number of carbonyl (C=O) groups excluding carboxylic acids is 2. The minimum absolute atomic E-state index is 0.0135. The first-order chi connectivity index (χ1) is 17.3. The summed E-state index contributed by atoms with van der Waals surface area (Å²) >= 11 is 18.5. The number of piperazine rings is 1. The summed E-state index contributed by atoms with van der Waals surface area (Å²) in [5.74, 6) is -0.534. The lowest BCUT2D eigenvalue weighted by Crippen LogP contribution is -2.76. The van der Waals surface area contributed by atoms with Gasteiger partial charge in [-0.15, -0.1) is 0 Å². The molecule has 3 unspecified atom stereocenters. The monoisotopic (exact) mass is 586 g/mol. The van der Waals surface area contributed by atoms with E-state index in [-0.39, 0.29) is 47.3 Å². The van der Waals surface area contributed by atoms with Gasteiger partial charge in [-0.25, -0.2) is 8.42 Å². The minimum atomic E-state index is -4.18. The molecule has 4 rings (SSSR count). The predicted molar refractivity (Wildman–Crippen MR) is 144 cm³/mol. The number of nitrogens with zero attached hydrogens (tertiary/aromatic N) is 4. The fourth-order valence-corrected chi connectivity index (χ4v) is 7.47. The molecule has 2 amide bonds. The van der Waals surface area contributed by atoms with Crippen LogP contribution in [0.4, 0.5) is 0 Å². The van der Waals surface area contributed by atoms with Crippen LogP contribution >= 0.6 is 34.8 Å². The predicted octanol–water partition coefficient (Wildman–Crippen LogP) is 3.60. The maximum atomic E-state index is 14.0. The number of likely N-dealkylation sites (N-methyl/N-ethyl adjacent to an activating group) is 1. The molecule has 0 aromatic heterocycles. The molecule has 0 N–H and O–H groups in total. The van der Waals surface area contributed by atoms with Crippen molar-refractivity contribution in [1.82, 2.24) is 19.0 Å². The number of benzene rings is 2. The molecule has 0 radical (unpaired) electrons. The van der Waals surface area contributed by atoms with E-state index in [0.29, 0.717) is 10.0 Å². The van der Waals surface area contributed by atoms with Crippen molar-refractivity contribution < 1.29 is 18.0 Å². The van der Waals surface area contributed by atoms with Crippen LogP contribution in [0.1, 0.15) is 19.4 Å². The highest BCUT2D eigenvalue weighted by Crippen LogP contribution is 2.35. The van der Waals surface area contributed by atoms with E-state index in [2.05, 4.69) is 0 Å². The molecule has 2 aliphatic rings. The Kier molecular flexibility index (Phi) is 8.14. The standard InChI is InChI=1S/C25H29Cl3N4O4S/c1-15(2)30-14-23-31(37(35,36)22-9-8-18(27)12-19(22)28)13-21(29(3)4)25(34)32(23)20(24(30)33)11-16-6-5-7-17(26)10-16/h5-10,12,15,20-21,23H,11,13-14H2,1-4H3. The average molecular weight is 588 g/mol.